The van der Waals surface area contributed by atoms with Crippen molar-refractivity contribution in [2.24, 2.45) is 0 Å². The lowest BCUT2D eigenvalue weighted by molar-refractivity contribution is -0.147. The van der Waals surface area contributed by atoms with Gasteiger partial charge in [-0.3, -0.25) is 4.79 Å². The Labute approximate surface area is 175 Å². The zero-order chi connectivity index (χ0) is 21.5. The molecule has 0 spiro atoms. The number of likely N-dealkylation sites (tertiary alicyclic amines) is 1. The molecule has 29 heavy (non-hydrogen) atoms. The van der Waals surface area contributed by atoms with E-state index < -0.39 is 23.0 Å². The van der Waals surface area contributed by atoms with Crippen LogP contribution in [-0.4, -0.2) is 56.6 Å². The second-order valence-corrected chi connectivity index (χ2v) is 9.36. The van der Waals surface area contributed by atoms with E-state index in [1.807, 2.05) is 27.7 Å². The molecule has 0 bridgehead atoms. The van der Waals surface area contributed by atoms with E-state index in [9.17, 15) is 19.8 Å². The maximum atomic E-state index is 13.0. The normalized spacial score (nSPS) is 26.1. The number of benzene rings is 1. The standard InChI is InChI=1S/C21H29NO6S/c1-6-27-19(25)16-9-14(23)10-22(16)20(26)29-21(5)8-7-15-13(4)17(24)11(2)12(3)18(15)28-21/h14,16,23-24H,6-10H2,1-5H3. The summed E-state index contributed by atoms with van der Waals surface area (Å²) in [6.07, 6.45) is 0.698. The van der Waals surface area contributed by atoms with Gasteiger partial charge in [-0.25, -0.2) is 4.79 Å². The van der Waals surface area contributed by atoms with Gasteiger partial charge >= 0.3 is 5.97 Å². The first-order valence-corrected chi connectivity index (χ1v) is 10.7. The largest absolute Gasteiger partial charge is 0.507 e. The zero-order valence-corrected chi connectivity index (χ0v) is 18.4. The van der Waals surface area contributed by atoms with Crippen molar-refractivity contribution in [3.05, 3.63) is 22.3 Å². The van der Waals surface area contributed by atoms with Gasteiger partial charge in [-0.2, -0.15) is 0 Å². The number of amides is 1. The van der Waals surface area contributed by atoms with Gasteiger partial charge in [0.2, 0.25) is 0 Å². The molecule has 2 N–H and O–H groups in total. The molecule has 3 unspecified atom stereocenters. The number of esters is 1. The first-order valence-electron chi connectivity index (χ1n) is 9.93. The number of aliphatic hydroxyl groups excluding tert-OH is 1. The van der Waals surface area contributed by atoms with Crippen molar-refractivity contribution in [2.75, 3.05) is 13.2 Å². The molecule has 1 amide bonds. The summed E-state index contributed by atoms with van der Waals surface area (Å²) in [5, 5.41) is 20.0. The number of carbonyl (C=O) groups is 2. The van der Waals surface area contributed by atoms with E-state index in [1.54, 1.807) is 6.92 Å². The Bertz CT molecular complexity index is 841. The Hall–Kier alpha value is -1.93. The SMILES string of the molecule is CCOC(=O)C1CC(O)CN1C(=O)SC1(C)CCc2c(C)c(O)c(C)c(C)c2O1. The lowest BCUT2D eigenvalue weighted by Gasteiger charge is -2.37. The minimum absolute atomic E-state index is 0.104. The molecular weight excluding hydrogens is 394 g/mol. The Morgan fingerprint density at radius 1 is 1.28 bits per heavy atom. The van der Waals surface area contributed by atoms with Crippen molar-refractivity contribution < 1.29 is 29.3 Å². The highest BCUT2D eigenvalue weighted by Crippen LogP contribution is 2.47. The van der Waals surface area contributed by atoms with Crippen LogP contribution in [0.1, 0.15) is 48.9 Å². The highest BCUT2D eigenvalue weighted by Gasteiger charge is 2.44. The van der Waals surface area contributed by atoms with Crippen LogP contribution in [0, 0.1) is 20.8 Å². The number of aliphatic hydroxyl groups is 1. The van der Waals surface area contributed by atoms with Gasteiger partial charge in [-0.05, 0) is 69.5 Å². The average Bonchev–Trinajstić information content (AvgIpc) is 3.06. The molecule has 1 saturated heterocycles. The monoisotopic (exact) mass is 423 g/mol. The van der Waals surface area contributed by atoms with Gasteiger partial charge in [0.05, 0.1) is 12.7 Å². The molecule has 1 aromatic carbocycles. The topological polar surface area (TPSA) is 96.3 Å². The van der Waals surface area contributed by atoms with Gasteiger partial charge in [0, 0.05) is 24.9 Å². The maximum absolute atomic E-state index is 13.0. The minimum atomic E-state index is -0.808. The smallest absolute Gasteiger partial charge is 0.328 e. The van der Waals surface area contributed by atoms with E-state index in [4.69, 9.17) is 9.47 Å². The third-order valence-electron chi connectivity index (χ3n) is 5.86. The molecule has 0 radical (unpaired) electrons. The fourth-order valence-corrected chi connectivity index (χ4v) is 5.04. The van der Waals surface area contributed by atoms with Crippen molar-refractivity contribution in [3.63, 3.8) is 0 Å². The summed E-state index contributed by atoms with van der Waals surface area (Å²) in [6.45, 7) is 9.53. The van der Waals surface area contributed by atoms with Crippen LogP contribution in [0.3, 0.4) is 0 Å². The Balaban J connectivity index is 1.80. The number of nitrogens with zero attached hydrogens (tertiary/aromatic N) is 1. The number of hydrogen-bond acceptors (Lipinski definition) is 7. The fraction of sp³-hybridized carbons (Fsp3) is 0.619. The van der Waals surface area contributed by atoms with Gasteiger partial charge in [-0.1, -0.05) is 0 Å². The van der Waals surface area contributed by atoms with Crippen LogP contribution in [0.2, 0.25) is 0 Å². The van der Waals surface area contributed by atoms with Crippen molar-refractivity contribution in [1.29, 1.82) is 0 Å². The molecule has 8 heteroatoms. The Morgan fingerprint density at radius 3 is 2.62 bits per heavy atom. The van der Waals surface area contributed by atoms with E-state index >= 15 is 0 Å². The van der Waals surface area contributed by atoms with Crippen molar-refractivity contribution in [1.82, 2.24) is 4.90 Å². The van der Waals surface area contributed by atoms with Crippen LogP contribution in [-0.2, 0) is 16.0 Å². The predicted molar refractivity (Wildman–Crippen MR) is 110 cm³/mol. The van der Waals surface area contributed by atoms with Gasteiger partial charge in [0.15, 0.2) is 4.93 Å². The number of thioether (sulfide) groups is 1. The van der Waals surface area contributed by atoms with E-state index in [-0.39, 0.29) is 24.8 Å². The third-order valence-corrected chi connectivity index (χ3v) is 6.99. The van der Waals surface area contributed by atoms with Gasteiger partial charge in [0.25, 0.3) is 5.24 Å². The highest BCUT2D eigenvalue weighted by molar-refractivity contribution is 8.14. The first kappa shape index (κ1) is 21.8. The molecule has 3 atom stereocenters. The van der Waals surface area contributed by atoms with Crippen LogP contribution in [0.5, 0.6) is 11.5 Å². The molecule has 7 nitrogen and oxygen atoms in total. The van der Waals surface area contributed by atoms with E-state index in [1.165, 1.54) is 4.90 Å². The van der Waals surface area contributed by atoms with E-state index in [0.717, 1.165) is 39.8 Å². The third kappa shape index (κ3) is 4.05. The number of hydrogen-bond donors (Lipinski definition) is 2. The molecule has 160 valence electrons. The molecule has 2 aliphatic rings. The summed E-state index contributed by atoms with van der Waals surface area (Å²) in [6, 6.07) is -0.771. The number of ether oxygens (including phenoxy) is 2. The minimum Gasteiger partial charge on any atom is -0.507 e. The van der Waals surface area contributed by atoms with Crippen LogP contribution in [0.4, 0.5) is 4.79 Å². The van der Waals surface area contributed by atoms with Crippen molar-refractivity contribution >= 4 is 23.0 Å². The lowest BCUT2D eigenvalue weighted by Crippen LogP contribution is -2.43. The van der Waals surface area contributed by atoms with E-state index in [2.05, 4.69) is 0 Å². The molecule has 3 rings (SSSR count). The molecule has 0 aromatic heterocycles. The van der Waals surface area contributed by atoms with E-state index in [0.29, 0.717) is 18.6 Å². The summed E-state index contributed by atoms with van der Waals surface area (Å²) < 4.78 is 11.4. The number of phenolic OH excluding ortho intramolecular Hbond substituents is 1. The molecule has 2 aliphatic heterocycles. The van der Waals surface area contributed by atoms with Gasteiger partial charge in [0.1, 0.15) is 17.5 Å². The number of β-amino-alcohol motifs (C(OH)–C–C–N with tert-alkyl or cyclic N) is 1. The van der Waals surface area contributed by atoms with Gasteiger partial charge < -0.3 is 24.6 Å². The zero-order valence-electron chi connectivity index (χ0n) is 17.6. The molecule has 0 saturated carbocycles. The fourth-order valence-electron chi connectivity index (χ4n) is 4.02. The van der Waals surface area contributed by atoms with Crippen LogP contribution < -0.4 is 4.74 Å². The Morgan fingerprint density at radius 2 is 1.97 bits per heavy atom. The molecule has 1 fully saturated rings. The highest BCUT2D eigenvalue weighted by atomic mass is 32.2. The summed E-state index contributed by atoms with van der Waals surface area (Å²) in [4.78, 5) is 25.8. The van der Waals surface area contributed by atoms with Crippen molar-refractivity contribution in [2.45, 2.75) is 71.0 Å². The second-order valence-electron chi connectivity index (χ2n) is 7.94. The summed E-state index contributed by atoms with van der Waals surface area (Å²) in [5.74, 6) is 0.520. The second kappa shape index (κ2) is 8.07. The molecule has 1 aromatic rings. The summed E-state index contributed by atoms with van der Waals surface area (Å²) in [7, 11) is 0. The molecule has 0 aliphatic carbocycles. The number of carbonyl (C=O) groups excluding carboxylic acids is 2. The van der Waals surface area contributed by atoms with Crippen LogP contribution >= 0.6 is 11.8 Å². The summed E-state index contributed by atoms with van der Waals surface area (Å²) in [5.41, 5.74) is 3.42. The van der Waals surface area contributed by atoms with Crippen LogP contribution in [0.15, 0.2) is 0 Å². The molecule has 2 heterocycles. The molecular formula is C21H29NO6S. The quantitative estimate of drug-likeness (QED) is 0.721. The number of phenols is 1. The average molecular weight is 424 g/mol. The predicted octanol–water partition coefficient (Wildman–Crippen LogP) is 3.21. The number of rotatable bonds is 3. The number of aromatic hydroxyl groups is 1. The number of fused-ring (bicyclic) bond motifs is 1. The lowest BCUT2D eigenvalue weighted by atomic mass is 9.92. The van der Waals surface area contributed by atoms with Crippen LogP contribution in [0.25, 0.3) is 0 Å². The Kier molecular flexibility index (Phi) is 6.06. The van der Waals surface area contributed by atoms with Gasteiger partial charge in [-0.15, -0.1) is 0 Å². The van der Waals surface area contributed by atoms with Crippen molar-refractivity contribution in [3.8, 4) is 11.5 Å². The maximum Gasteiger partial charge on any atom is 0.328 e. The first-order chi connectivity index (χ1) is 13.6. The summed E-state index contributed by atoms with van der Waals surface area (Å²) >= 11 is 1.03.